The van der Waals surface area contributed by atoms with E-state index < -0.39 is 46.5 Å². The fourth-order valence-corrected chi connectivity index (χ4v) is 8.22. The first-order chi connectivity index (χ1) is 25.2. The van der Waals surface area contributed by atoms with Crippen molar-refractivity contribution in [2.45, 2.75) is 143 Å². The zero-order valence-corrected chi connectivity index (χ0v) is 37.5. The summed E-state index contributed by atoms with van der Waals surface area (Å²) in [5.74, 6) is 1.49. The second-order valence-electron chi connectivity index (χ2n) is 17.9. The van der Waals surface area contributed by atoms with Gasteiger partial charge in [-0.25, -0.2) is 0 Å². The lowest BCUT2D eigenvalue weighted by molar-refractivity contribution is -0.179. The highest BCUT2D eigenvalue weighted by atomic mass is 28.4. The van der Waals surface area contributed by atoms with Gasteiger partial charge in [0.15, 0.2) is 14.6 Å². The molecule has 7 nitrogen and oxygen atoms in total. The number of methoxy groups -OCH3 is 1. The molecule has 4 atom stereocenters. The van der Waals surface area contributed by atoms with E-state index in [0.29, 0.717) is 6.61 Å². The first kappa shape index (κ1) is 45.3. The predicted molar refractivity (Wildman–Crippen MR) is 226 cm³/mol. The number of aldehydes is 1. The maximum atomic E-state index is 13.2. The summed E-state index contributed by atoms with van der Waals surface area (Å²) in [6.45, 7) is 29.5. The normalized spacial score (nSPS) is 15.6. The van der Waals surface area contributed by atoms with E-state index in [2.05, 4.69) is 93.7 Å². The average Bonchev–Trinajstić information content (AvgIpc) is 3.11. The summed E-state index contributed by atoms with van der Waals surface area (Å²) >= 11 is 0. The van der Waals surface area contributed by atoms with Crippen LogP contribution in [0.4, 0.5) is 0 Å². The van der Waals surface area contributed by atoms with E-state index in [0.717, 1.165) is 34.5 Å². The van der Waals surface area contributed by atoms with Crippen molar-refractivity contribution in [3.8, 4) is 5.75 Å². The molecule has 0 heterocycles. The van der Waals surface area contributed by atoms with Gasteiger partial charge in [-0.2, -0.15) is 0 Å². The van der Waals surface area contributed by atoms with Gasteiger partial charge in [0.25, 0.3) is 0 Å². The largest absolute Gasteiger partial charge is 0.545 e. The Morgan fingerprint density at radius 1 is 0.630 bits per heavy atom. The van der Waals surface area contributed by atoms with Crippen LogP contribution in [-0.4, -0.2) is 54.4 Å². The maximum absolute atomic E-state index is 13.2. The molecule has 0 saturated carbocycles. The van der Waals surface area contributed by atoms with Crippen molar-refractivity contribution >= 4 is 22.9 Å². The van der Waals surface area contributed by atoms with Crippen LogP contribution >= 0.6 is 0 Å². The van der Waals surface area contributed by atoms with E-state index in [1.807, 2.05) is 85.8 Å². The third kappa shape index (κ3) is 12.2. The van der Waals surface area contributed by atoms with E-state index in [1.165, 1.54) is 0 Å². The smallest absolute Gasteiger partial charge is 0.250 e. The number of ether oxygens (including phenoxy) is 4. The Balaban J connectivity index is 2.24. The SMILES string of the molecule is C/C=C(\O[Si](C)(C)C(C)(C)C)[C@H](OCc1ccccc1)[C@H](O[Si](C)(C)C(C)(C)C)C(C)(C)[C@@H](OCc1ccc(OC)cc1)[C@H](C=O)OCc1ccccc1. The minimum Gasteiger partial charge on any atom is -0.545 e. The highest BCUT2D eigenvalue weighted by molar-refractivity contribution is 6.74. The van der Waals surface area contributed by atoms with Crippen LogP contribution < -0.4 is 4.74 Å². The van der Waals surface area contributed by atoms with Crippen LogP contribution in [0.3, 0.4) is 0 Å². The van der Waals surface area contributed by atoms with Crippen molar-refractivity contribution in [1.82, 2.24) is 0 Å². The lowest BCUT2D eigenvalue weighted by Crippen LogP contribution is -2.60. The van der Waals surface area contributed by atoms with Crippen LogP contribution in [0.15, 0.2) is 96.8 Å². The summed E-state index contributed by atoms with van der Waals surface area (Å²) < 4.78 is 40.6. The minimum atomic E-state index is -2.51. The van der Waals surface area contributed by atoms with Gasteiger partial charge in [0, 0.05) is 5.41 Å². The Kier molecular flexibility index (Phi) is 16.1. The molecule has 0 saturated heterocycles. The first-order valence-electron chi connectivity index (χ1n) is 19.2. The third-order valence-electron chi connectivity index (χ3n) is 11.3. The van der Waals surface area contributed by atoms with Crippen LogP contribution in [0.25, 0.3) is 0 Å². The second kappa shape index (κ2) is 19.2. The summed E-state index contributed by atoms with van der Waals surface area (Å²) in [6.07, 6.45) is -0.0120. The molecular weight excluding hydrogens is 709 g/mol. The molecule has 0 unspecified atom stereocenters. The first-order valence-corrected chi connectivity index (χ1v) is 25.0. The van der Waals surface area contributed by atoms with Crippen LogP contribution in [-0.2, 0) is 47.7 Å². The molecule has 0 aliphatic rings. The molecular formula is C45H68O7Si2. The number of hydrogen-bond acceptors (Lipinski definition) is 7. The summed E-state index contributed by atoms with van der Waals surface area (Å²) in [4.78, 5) is 13.2. The Morgan fingerprint density at radius 2 is 1.09 bits per heavy atom. The lowest BCUT2D eigenvalue weighted by Gasteiger charge is -2.51. The van der Waals surface area contributed by atoms with Crippen molar-refractivity contribution < 1.29 is 32.6 Å². The molecule has 0 spiro atoms. The zero-order valence-electron chi connectivity index (χ0n) is 35.5. The van der Waals surface area contributed by atoms with Gasteiger partial charge in [-0.1, -0.05) is 128 Å². The van der Waals surface area contributed by atoms with Crippen LogP contribution in [0, 0.1) is 5.41 Å². The Morgan fingerprint density at radius 3 is 1.54 bits per heavy atom. The number of carbonyl (C=O) groups excluding carboxylic acids is 1. The molecule has 0 aromatic heterocycles. The van der Waals surface area contributed by atoms with Gasteiger partial charge in [-0.15, -0.1) is 0 Å². The van der Waals surface area contributed by atoms with E-state index in [-0.39, 0.29) is 23.3 Å². The molecule has 0 fully saturated rings. The predicted octanol–water partition coefficient (Wildman–Crippen LogP) is 11.3. The van der Waals surface area contributed by atoms with Gasteiger partial charge < -0.3 is 32.6 Å². The number of benzene rings is 3. The molecule has 0 amide bonds. The number of allylic oxidation sites excluding steroid dienone is 1. The number of rotatable bonds is 20. The standard InChI is InChI=1S/C45H68O7Si2/c1-15-38(51-53(11,12)43(2,3)4)40(49-32-35-24-20-17-21-25-35)42(52-54(13,14)44(5,6)7)45(8,9)41(50-33-36-26-28-37(47-10)29-27-36)39(30-46)48-31-34-22-18-16-19-23-34/h15-30,39-42H,31-33H2,1-14H3/b38-15-/t39-,40-,41-,42-/m0/s1. The van der Waals surface area contributed by atoms with Crippen molar-refractivity contribution in [3.05, 3.63) is 113 Å². The van der Waals surface area contributed by atoms with E-state index in [1.54, 1.807) is 7.11 Å². The molecule has 0 aliphatic heterocycles. The van der Waals surface area contributed by atoms with Crippen molar-refractivity contribution in [2.75, 3.05) is 7.11 Å². The summed E-state index contributed by atoms with van der Waals surface area (Å²) in [5, 5.41) is -0.191. The Hall–Kier alpha value is -3.06. The number of carbonyl (C=O) groups is 1. The molecule has 54 heavy (non-hydrogen) atoms. The summed E-state index contributed by atoms with van der Waals surface area (Å²) in [5.41, 5.74) is 2.08. The minimum absolute atomic E-state index is 0.0611. The van der Waals surface area contributed by atoms with Crippen molar-refractivity contribution in [3.63, 3.8) is 0 Å². The molecule has 0 bridgehead atoms. The monoisotopic (exact) mass is 776 g/mol. The highest BCUT2D eigenvalue weighted by Crippen LogP contribution is 2.46. The van der Waals surface area contributed by atoms with E-state index in [4.69, 9.17) is 27.8 Å². The van der Waals surface area contributed by atoms with Gasteiger partial charge in [0.05, 0.1) is 39.1 Å². The zero-order chi connectivity index (χ0) is 40.4. The Bertz CT molecular complexity index is 1590. The quantitative estimate of drug-likeness (QED) is 0.0643. The van der Waals surface area contributed by atoms with E-state index in [9.17, 15) is 4.79 Å². The molecule has 9 heteroatoms. The summed E-state index contributed by atoms with van der Waals surface area (Å²) in [6, 6.07) is 27.8. The molecule has 0 N–H and O–H groups in total. The Labute approximate surface area is 329 Å². The second-order valence-corrected chi connectivity index (χ2v) is 27.3. The van der Waals surface area contributed by atoms with Gasteiger partial charge in [-0.3, -0.25) is 0 Å². The van der Waals surface area contributed by atoms with Gasteiger partial charge >= 0.3 is 0 Å². The molecule has 3 aromatic rings. The molecule has 3 aromatic carbocycles. The fourth-order valence-electron chi connectivity index (χ4n) is 5.67. The highest BCUT2D eigenvalue weighted by Gasteiger charge is 2.53. The third-order valence-corrected chi connectivity index (χ3v) is 20.1. The fraction of sp³-hybridized carbons (Fsp3) is 0.533. The van der Waals surface area contributed by atoms with Gasteiger partial charge in [-0.05, 0) is 78.1 Å². The van der Waals surface area contributed by atoms with Crippen LogP contribution in [0.5, 0.6) is 5.75 Å². The molecule has 298 valence electrons. The molecule has 0 radical (unpaired) electrons. The van der Waals surface area contributed by atoms with Crippen LogP contribution in [0.1, 0.15) is 79.0 Å². The van der Waals surface area contributed by atoms with Gasteiger partial charge in [0.2, 0.25) is 8.32 Å². The number of hydrogen-bond donors (Lipinski definition) is 0. The molecule has 0 aliphatic carbocycles. The molecule has 3 rings (SSSR count). The summed E-state index contributed by atoms with van der Waals surface area (Å²) in [7, 11) is -3.21. The lowest BCUT2D eigenvalue weighted by atomic mass is 9.75. The van der Waals surface area contributed by atoms with Crippen molar-refractivity contribution in [2.24, 2.45) is 5.41 Å². The van der Waals surface area contributed by atoms with E-state index >= 15 is 0 Å². The average molecular weight is 777 g/mol. The topological polar surface area (TPSA) is 72.5 Å². The van der Waals surface area contributed by atoms with Crippen molar-refractivity contribution in [1.29, 1.82) is 0 Å². The van der Waals surface area contributed by atoms with Crippen LogP contribution in [0.2, 0.25) is 36.3 Å². The maximum Gasteiger partial charge on any atom is 0.250 e. The van der Waals surface area contributed by atoms with Gasteiger partial charge in [0.1, 0.15) is 23.7 Å².